The van der Waals surface area contributed by atoms with E-state index in [0.717, 1.165) is 13.0 Å². The maximum Gasteiger partial charge on any atom is 0.321 e. The van der Waals surface area contributed by atoms with Gasteiger partial charge in [0.05, 0.1) is 0 Å². The molecule has 0 fully saturated rings. The normalized spacial score (nSPS) is 23.8. The highest BCUT2D eigenvalue weighted by Crippen LogP contribution is 2.25. The number of amides is 2. The quantitative estimate of drug-likeness (QED) is 0.580. The highest BCUT2D eigenvalue weighted by Gasteiger charge is 2.23. The maximum absolute atomic E-state index is 11.2. The zero-order valence-corrected chi connectivity index (χ0v) is 7.39. The van der Waals surface area contributed by atoms with Gasteiger partial charge < -0.3 is 10.2 Å². The molecule has 0 aromatic rings. The molecule has 2 aliphatic rings. The Morgan fingerprint density at radius 3 is 2.92 bits per heavy atom. The molecule has 0 aromatic heterocycles. The van der Waals surface area contributed by atoms with Crippen LogP contribution in [0.2, 0.25) is 0 Å². The number of nitrogens with zero attached hydrogens (tertiary/aromatic N) is 1. The van der Waals surface area contributed by atoms with Gasteiger partial charge in [0.1, 0.15) is 0 Å². The minimum atomic E-state index is 0.0515. The number of carbonyl (C=O) groups excluding carboxylic acids is 1. The van der Waals surface area contributed by atoms with E-state index >= 15 is 0 Å². The van der Waals surface area contributed by atoms with Gasteiger partial charge in [0.2, 0.25) is 0 Å². The summed E-state index contributed by atoms with van der Waals surface area (Å²) < 4.78 is 0. The molecule has 3 nitrogen and oxygen atoms in total. The SMILES string of the molecule is CN1CC2=C(CCCC2)NC1=O. The second-order valence-electron chi connectivity index (χ2n) is 3.58. The lowest BCUT2D eigenvalue weighted by Crippen LogP contribution is -2.43. The van der Waals surface area contributed by atoms with Gasteiger partial charge in [-0.15, -0.1) is 0 Å². The van der Waals surface area contributed by atoms with Crippen molar-refractivity contribution in [2.24, 2.45) is 0 Å². The zero-order chi connectivity index (χ0) is 8.55. The summed E-state index contributed by atoms with van der Waals surface area (Å²) in [6, 6.07) is 0.0515. The topological polar surface area (TPSA) is 32.3 Å². The summed E-state index contributed by atoms with van der Waals surface area (Å²) in [5, 5.41) is 2.93. The van der Waals surface area contributed by atoms with E-state index in [1.165, 1.54) is 30.5 Å². The number of nitrogens with one attached hydrogen (secondary N) is 1. The van der Waals surface area contributed by atoms with Crippen LogP contribution in [0.1, 0.15) is 25.7 Å². The van der Waals surface area contributed by atoms with E-state index in [4.69, 9.17) is 0 Å². The van der Waals surface area contributed by atoms with Crippen LogP contribution in [-0.2, 0) is 0 Å². The average Bonchev–Trinajstić information content (AvgIpc) is 2.07. The van der Waals surface area contributed by atoms with E-state index in [1.807, 2.05) is 7.05 Å². The van der Waals surface area contributed by atoms with Crippen molar-refractivity contribution in [2.45, 2.75) is 25.7 Å². The van der Waals surface area contributed by atoms with Crippen LogP contribution >= 0.6 is 0 Å². The molecule has 1 N–H and O–H groups in total. The van der Waals surface area contributed by atoms with Gasteiger partial charge in [-0.1, -0.05) is 0 Å². The Morgan fingerprint density at radius 1 is 1.33 bits per heavy atom. The molecule has 0 aromatic carbocycles. The fourth-order valence-electron chi connectivity index (χ4n) is 1.88. The van der Waals surface area contributed by atoms with Crippen molar-refractivity contribution in [3.63, 3.8) is 0 Å². The molecule has 0 bridgehead atoms. The van der Waals surface area contributed by atoms with Gasteiger partial charge in [0, 0.05) is 19.3 Å². The number of urea groups is 1. The summed E-state index contributed by atoms with van der Waals surface area (Å²) in [7, 11) is 1.84. The van der Waals surface area contributed by atoms with Crippen LogP contribution in [0.15, 0.2) is 11.3 Å². The van der Waals surface area contributed by atoms with E-state index in [0.29, 0.717) is 0 Å². The zero-order valence-electron chi connectivity index (χ0n) is 7.39. The molecule has 0 unspecified atom stereocenters. The van der Waals surface area contributed by atoms with Gasteiger partial charge in [-0.25, -0.2) is 4.79 Å². The monoisotopic (exact) mass is 166 g/mol. The number of hydrogen-bond acceptors (Lipinski definition) is 1. The van der Waals surface area contributed by atoms with Crippen LogP contribution in [0, 0.1) is 0 Å². The predicted octanol–water partition coefficient (Wildman–Crippen LogP) is 1.47. The minimum Gasteiger partial charge on any atom is -0.324 e. The Labute approximate surface area is 72.4 Å². The van der Waals surface area contributed by atoms with Crippen molar-refractivity contribution in [2.75, 3.05) is 13.6 Å². The van der Waals surface area contributed by atoms with Crippen LogP contribution in [0.3, 0.4) is 0 Å². The smallest absolute Gasteiger partial charge is 0.321 e. The van der Waals surface area contributed by atoms with Crippen LogP contribution < -0.4 is 5.32 Å². The summed E-state index contributed by atoms with van der Waals surface area (Å²) in [4.78, 5) is 13.0. The number of hydrogen-bond donors (Lipinski definition) is 1. The van der Waals surface area contributed by atoms with Crippen molar-refractivity contribution in [1.82, 2.24) is 10.2 Å². The molecule has 0 radical (unpaired) electrons. The molecule has 0 atom stereocenters. The van der Waals surface area contributed by atoms with Gasteiger partial charge in [-0.05, 0) is 31.3 Å². The van der Waals surface area contributed by atoms with Crippen LogP contribution in [0.4, 0.5) is 4.79 Å². The lowest BCUT2D eigenvalue weighted by molar-refractivity contribution is 0.209. The number of allylic oxidation sites excluding steroid dienone is 1. The van der Waals surface area contributed by atoms with Crippen molar-refractivity contribution in [1.29, 1.82) is 0 Å². The lowest BCUT2D eigenvalue weighted by Gasteiger charge is -2.31. The van der Waals surface area contributed by atoms with Gasteiger partial charge in [-0.3, -0.25) is 0 Å². The maximum atomic E-state index is 11.2. The van der Waals surface area contributed by atoms with Gasteiger partial charge >= 0.3 is 6.03 Å². The first-order valence-corrected chi connectivity index (χ1v) is 4.50. The fourth-order valence-corrected chi connectivity index (χ4v) is 1.88. The Kier molecular flexibility index (Phi) is 1.79. The minimum absolute atomic E-state index is 0.0515. The summed E-state index contributed by atoms with van der Waals surface area (Å²) in [6.07, 6.45) is 4.74. The standard InChI is InChI=1S/C9H14N2O/c1-11-6-7-4-2-3-5-8(7)10-9(11)12/h2-6H2,1H3,(H,10,12). The molecule has 12 heavy (non-hydrogen) atoms. The van der Waals surface area contributed by atoms with E-state index in [1.54, 1.807) is 4.90 Å². The summed E-state index contributed by atoms with van der Waals surface area (Å²) in [6.45, 7) is 0.834. The number of rotatable bonds is 0. The highest BCUT2D eigenvalue weighted by atomic mass is 16.2. The average molecular weight is 166 g/mol. The molecule has 1 aliphatic heterocycles. The first-order chi connectivity index (χ1) is 5.77. The molecule has 2 rings (SSSR count). The highest BCUT2D eigenvalue weighted by molar-refractivity contribution is 5.77. The first kappa shape index (κ1) is 7.65. The van der Waals surface area contributed by atoms with Crippen molar-refractivity contribution >= 4 is 6.03 Å². The fraction of sp³-hybridized carbons (Fsp3) is 0.667. The molecule has 0 spiro atoms. The second-order valence-corrected chi connectivity index (χ2v) is 3.58. The van der Waals surface area contributed by atoms with Crippen molar-refractivity contribution in [3.05, 3.63) is 11.3 Å². The predicted molar refractivity (Wildman–Crippen MR) is 46.7 cm³/mol. The second kappa shape index (κ2) is 2.81. The molecule has 2 amide bonds. The van der Waals surface area contributed by atoms with Crippen LogP contribution in [-0.4, -0.2) is 24.5 Å². The Bertz CT molecular complexity index is 245. The molecular formula is C9H14N2O. The van der Waals surface area contributed by atoms with Crippen LogP contribution in [0.5, 0.6) is 0 Å². The molecule has 0 saturated heterocycles. The van der Waals surface area contributed by atoms with Crippen LogP contribution in [0.25, 0.3) is 0 Å². The molecule has 66 valence electrons. The van der Waals surface area contributed by atoms with E-state index < -0.39 is 0 Å². The molecule has 1 heterocycles. The molecule has 1 aliphatic carbocycles. The third-order valence-electron chi connectivity index (χ3n) is 2.61. The number of carbonyl (C=O) groups is 1. The van der Waals surface area contributed by atoms with E-state index in [2.05, 4.69) is 5.32 Å². The first-order valence-electron chi connectivity index (χ1n) is 4.50. The summed E-state index contributed by atoms with van der Waals surface area (Å²) in [5.41, 5.74) is 2.63. The Morgan fingerprint density at radius 2 is 2.08 bits per heavy atom. The van der Waals surface area contributed by atoms with E-state index in [9.17, 15) is 4.79 Å². The number of likely N-dealkylation sites (N-methyl/N-ethyl adjacent to an activating group) is 1. The van der Waals surface area contributed by atoms with Gasteiger partial charge in [-0.2, -0.15) is 0 Å². The lowest BCUT2D eigenvalue weighted by atomic mass is 9.95. The Balaban J connectivity index is 2.20. The largest absolute Gasteiger partial charge is 0.324 e. The third kappa shape index (κ3) is 1.19. The summed E-state index contributed by atoms with van der Waals surface area (Å²) in [5.74, 6) is 0. The van der Waals surface area contributed by atoms with Crippen molar-refractivity contribution < 1.29 is 4.79 Å². The molecule has 3 heteroatoms. The van der Waals surface area contributed by atoms with Gasteiger partial charge in [0.25, 0.3) is 0 Å². The third-order valence-corrected chi connectivity index (χ3v) is 2.61. The molecule has 0 saturated carbocycles. The van der Waals surface area contributed by atoms with E-state index in [-0.39, 0.29) is 6.03 Å². The Hall–Kier alpha value is -0.990. The summed E-state index contributed by atoms with van der Waals surface area (Å²) >= 11 is 0. The molecular weight excluding hydrogens is 152 g/mol. The van der Waals surface area contributed by atoms with Crippen molar-refractivity contribution in [3.8, 4) is 0 Å². The van der Waals surface area contributed by atoms with Gasteiger partial charge in [0.15, 0.2) is 0 Å².